The number of rotatable bonds is 6. The van der Waals surface area contributed by atoms with E-state index in [2.05, 4.69) is 12.2 Å². The number of ether oxygens (including phenoxy) is 1. The van der Waals surface area contributed by atoms with Gasteiger partial charge in [0, 0.05) is 5.69 Å². The van der Waals surface area contributed by atoms with E-state index >= 15 is 0 Å². The Morgan fingerprint density at radius 1 is 0.964 bits per heavy atom. The van der Waals surface area contributed by atoms with E-state index in [0.29, 0.717) is 11.4 Å². The molecule has 0 aliphatic carbocycles. The standard InChI is InChI=1S/C24H20N2O2/c1-2-18-8-12-21(13-9-18)26-24(27)20(17-25)16-19-10-14-23(15-11-19)28-22-6-4-3-5-7-22/h3-16H,2H2,1H3,(H,26,27). The second-order valence-corrected chi connectivity index (χ2v) is 6.16. The molecule has 0 bridgehead atoms. The van der Waals surface area contributed by atoms with E-state index in [1.165, 1.54) is 5.56 Å². The third-order valence-corrected chi connectivity index (χ3v) is 4.16. The number of nitrogens with one attached hydrogen (secondary N) is 1. The topological polar surface area (TPSA) is 62.1 Å². The molecular formula is C24H20N2O2. The molecule has 28 heavy (non-hydrogen) atoms. The van der Waals surface area contributed by atoms with E-state index in [0.717, 1.165) is 17.7 Å². The summed E-state index contributed by atoms with van der Waals surface area (Å²) < 4.78 is 5.74. The normalized spacial score (nSPS) is 10.8. The van der Waals surface area contributed by atoms with Gasteiger partial charge in [0.15, 0.2) is 0 Å². The number of hydrogen-bond acceptors (Lipinski definition) is 3. The molecule has 0 saturated carbocycles. The first-order chi connectivity index (χ1) is 13.7. The lowest BCUT2D eigenvalue weighted by Gasteiger charge is -2.06. The number of para-hydroxylation sites is 1. The number of amides is 1. The van der Waals surface area contributed by atoms with Crippen molar-refractivity contribution in [3.05, 3.63) is 95.6 Å². The summed E-state index contributed by atoms with van der Waals surface area (Å²) in [4.78, 5) is 12.4. The largest absolute Gasteiger partial charge is 0.457 e. The van der Waals surface area contributed by atoms with Gasteiger partial charge in [0.05, 0.1) is 0 Å². The molecule has 0 aliphatic heterocycles. The van der Waals surface area contributed by atoms with E-state index in [9.17, 15) is 10.1 Å². The first-order valence-corrected chi connectivity index (χ1v) is 9.03. The van der Waals surface area contributed by atoms with Gasteiger partial charge in [0.25, 0.3) is 5.91 Å². The minimum absolute atomic E-state index is 0.0382. The third kappa shape index (κ3) is 5.09. The van der Waals surface area contributed by atoms with Gasteiger partial charge in [-0.2, -0.15) is 5.26 Å². The number of nitrogens with zero attached hydrogens (tertiary/aromatic N) is 1. The lowest BCUT2D eigenvalue weighted by molar-refractivity contribution is -0.112. The van der Waals surface area contributed by atoms with Crippen molar-refractivity contribution in [1.82, 2.24) is 0 Å². The van der Waals surface area contributed by atoms with Crippen LogP contribution in [0, 0.1) is 11.3 Å². The quantitative estimate of drug-likeness (QED) is 0.456. The molecular weight excluding hydrogens is 348 g/mol. The lowest BCUT2D eigenvalue weighted by Crippen LogP contribution is -2.13. The van der Waals surface area contributed by atoms with Crippen LogP contribution in [-0.2, 0) is 11.2 Å². The van der Waals surface area contributed by atoms with Crippen LogP contribution >= 0.6 is 0 Å². The van der Waals surface area contributed by atoms with Gasteiger partial charge >= 0.3 is 0 Å². The van der Waals surface area contributed by atoms with E-state index in [1.54, 1.807) is 30.3 Å². The van der Waals surface area contributed by atoms with Crippen LogP contribution < -0.4 is 10.1 Å². The van der Waals surface area contributed by atoms with Gasteiger partial charge in [-0.3, -0.25) is 4.79 Å². The number of carbonyl (C=O) groups excluding carboxylic acids is 1. The Hall–Kier alpha value is -3.84. The first kappa shape index (κ1) is 18.9. The van der Waals surface area contributed by atoms with Gasteiger partial charge in [-0.15, -0.1) is 0 Å². The zero-order chi connectivity index (χ0) is 19.8. The first-order valence-electron chi connectivity index (χ1n) is 9.03. The number of nitriles is 1. The molecule has 0 unspecified atom stereocenters. The van der Waals surface area contributed by atoms with Crippen LogP contribution in [0.2, 0.25) is 0 Å². The van der Waals surface area contributed by atoms with Crippen LogP contribution in [0.15, 0.2) is 84.4 Å². The molecule has 3 rings (SSSR count). The van der Waals surface area contributed by atoms with Crippen molar-refractivity contribution in [2.75, 3.05) is 5.32 Å². The Bertz CT molecular complexity index is 999. The van der Waals surface area contributed by atoms with Crippen molar-refractivity contribution in [2.45, 2.75) is 13.3 Å². The molecule has 0 aliphatic rings. The molecule has 0 fully saturated rings. The van der Waals surface area contributed by atoms with Gasteiger partial charge in [-0.05, 0) is 60.0 Å². The fraction of sp³-hybridized carbons (Fsp3) is 0.0833. The number of aryl methyl sites for hydroxylation is 1. The van der Waals surface area contributed by atoms with Crippen LogP contribution in [0.4, 0.5) is 5.69 Å². The fourth-order valence-electron chi connectivity index (χ4n) is 2.59. The summed E-state index contributed by atoms with van der Waals surface area (Å²) in [7, 11) is 0. The molecule has 1 N–H and O–H groups in total. The molecule has 0 heterocycles. The molecule has 4 nitrogen and oxygen atoms in total. The Balaban J connectivity index is 1.69. The maximum atomic E-state index is 12.4. The maximum Gasteiger partial charge on any atom is 0.266 e. The highest BCUT2D eigenvalue weighted by Gasteiger charge is 2.09. The highest BCUT2D eigenvalue weighted by molar-refractivity contribution is 6.09. The van der Waals surface area contributed by atoms with Crippen LogP contribution in [-0.4, -0.2) is 5.91 Å². The average molecular weight is 368 g/mol. The highest BCUT2D eigenvalue weighted by atomic mass is 16.5. The monoisotopic (exact) mass is 368 g/mol. The summed E-state index contributed by atoms with van der Waals surface area (Å²) in [5, 5.41) is 12.1. The van der Waals surface area contributed by atoms with Crippen LogP contribution in [0.1, 0.15) is 18.1 Å². The molecule has 0 aromatic heterocycles. The van der Waals surface area contributed by atoms with Crippen molar-refractivity contribution in [2.24, 2.45) is 0 Å². The minimum Gasteiger partial charge on any atom is -0.457 e. The molecule has 0 spiro atoms. The van der Waals surface area contributed by atoms with Crippen molar-refractivity contribution >= 4 is 17.7 Å². The number of benzene rings is 3. The Kier molecular flexibility index (Phi) is 6.22. The SMILES string of the molecule is CCc1ccc(NC(=O)C(C#N)=Cc2ccc(Oc3ccccc3)cc2)cc1. The minimum atomic E-state index is -0.434. The van der Waals surface area contributed by atoms with Gasteiger partial charge in [-0.25, -0.2) is 0 Å². The molecule has 3 aromatic rings. The van der Waals surface area contributed by atoms with E-state index < -0.39 is 5.91 Å². The van der Waals surface area contributed by atoms with E-state index in [4.69, 9.17) is 4.74 Å². The molecule has 0 saturated heterocycles. The number of hydrogen-bond donors (Lipinski definition) is 1. The maximum absolute atomic E-state index is 12.4. The molecule has 1 amide bonds. The van der Waals surface area contributed by atoms with Crippen molar-refractivity contribution < 1.29 is 9.53 Å². The summed E-state index contributed by atoms with van der Waals surface area (Å²) in [6, 6.07) is 26.2. The van der Waals surface area contributed by atoms with E-state index in [1.807, 2.05) is 60.7 Å². The molecule has 0 radical (unpaired) electrons. The van der Waals surface area contributed by atoms with Gasteiger partial charge < -0.3 is 10.1 Å². The summed E-state index contributed by atoms with van der Waals surface area (Å²) in [6.07, 6.45) is 2.49. The van der Waals surface area contributed by atoms with Crippen molar-refractivity contribution in [1.29, 1.82) is 5.26 Å². The zero-order valence-corrected chi connectivity index (χ0v) is 15.6. The molecule has 4 heteroatoms. The predicted octanol–water partition coefficient (Wildman–Crippen LogP) is 5.59. The van der Waals surface area contributed by atoms with Gasteiger partial charge in [0.1, 0.15) is 23.1 Å². The third-order valence-electron chi connectivity index (χ3n) is 4.16. The second-order valence-electron chi connectivity index (χ2n) is 6.16. The number of carbonyl (C=O) groups is 1. The zero-order valence-electron chi connectivity index (χ0n) is 15.6. The smallest absolute Gasteiger partial charge is 0.266 e. The summed E-state index contributed by atoms with van der Waals surface area (Å²) in [5.74, 6) is 0.996. The van der Waals surface area contributed by atoms with Crippen LogP contribution in [0.25, 0.3) is 6.08 Å². The summed E-state index contributed by atoms with van der Waals surface area (Å²) >= 11 is 0. The Morgan fingerprint density at radius 3 is 2.21 bits per heavy atom. The van der Waals surface area contributed by atoms with E-state index in [-0.39, 0.29) is 5.57 Å². The average Bonchev–Trinajstić information content (AvgIpc) is 2.74. The van der Waals surface area contributed by atoms with Crippen molar-refractivity contribution in [3.8, 4) is 17.6 Å². The number of anilines is 1. The molecule has 3 aromatic carbocycles. The molecule has 138 valence electrons. The second kappa shape index (κ2) is 9.20. The fourth-order valence-corrected chi connectivity index (χ4v) is 2.59. The summed E-state index contributed by atoms with van der Waals surface area (Å²) in [6.45, 7) is 2.07. The summed E-state index contributed by atoms with van der Waals surface area (Å²) in [5.41, 5.74) is 2.63. The Labute approximate surface area is 164 Å². The Morgan fingerprint density at radius 2 is 1.61 bits per heavy atom. The predicted molar refractivity (Wildman–Crippen MR) is 111 cm³/mol. The van der Waals surface area contributed by atoms with Crippen LogP contribution in [0.5, 0.6) is 11.5 Å². The van der Waals surface area contributed by atoms with Gasteiger partial charge in [0.2, 0.25) is 0 Å². The van der Waals surface area contributed by atoms with Crippen LogP contribution in [0.3, 0.4) is 0 Å². The van der Waals surface area contributed by atoms with Crippen molar-refractivity contribution in [3.63, 3.8) is 0 Å². The van der Waals surface area contributed by atoms with Gasteiger partial charge in [-0.1, -0.05) is 49.4 Å². The lowest BCUT2D eigenvalue weighted by atomic mass is 10.1. The highest BCUT2D eigenvalue weighted by Crippen LogP contribution is 2.22. The molecule has 0 atom stereocenters.